The zero-order valence-corrected chi connectivity index (χ0v) is 9.30. The van der Waals surface area contributed by atoms with Crippen molar-refractivity contribution < 1.29 is 17.9 Å². The number of alkyl halides is 3. The molecule has 0 aliphatic carbocycles. The van der Waals surface area contributed by atoms with Gasteiger partial charge in [-0.1, -0.05) is 0 Å². The van der Waals surface area contributed by atoms with Gasteiger partial charge in [0.25, 0.3) is 0 Å². The molecule has 0 radical (unpaired) electrons. The molecule has 1 aromatic carbocycles. The minimum absolute atomic E-state index is 0.0941. The van der Waals surface area contributed by atoms with Crippen molar-refractivity contribution in [1.82, 2.24) is 9.97 Å². The Morgan fingerprint density at radius 2 is 1.94 bits per heavy atom. The molecular formula is C10H6ClF3N2O. The van der Waals surface area contributed by atoms with Crippen LogP contribution < -0.4 is 4.74 Å². The standard InChI is InChI=1S/C10H6ClF3N2O/c1-17-5-2-3-6-7(4-5)15-9(11)16-8(6)10(12,13)14/h2-4H,1H3. The second-order valence-corrected chi connectivity index (χ2v) is 3.56. The molecule has 0 saturated heterocycles. The number of aromatic nitrogens is 2. The number of benzene rings is 1. The molecule has 0 saturated carbocycles. The number of fused-ring (bicyclic) bond motifs is 1. The summed E-state index contributed by atoms with van der Waals surface area (Å²) in [5, 5.41) is -0.555. The Hall–Kier alpha value is -1.56. The van der Waals surface area contributed by atoms with Crippen LogP contribution in [0, 0.1) is 0 Å². The largest absolute Gasteiger partial charge is 0.497 e. The molecule has 0 spiro atoms. The molecule has 0 amide bonds. The summed E-state index contributed by atoms with van der Waals surface area (Å²) in [6.45, 7) is 0. The van der Waals surface area contributed by atoms with Crippen molar-refractivity contribution in [2.24, 2.45) is 0 Å². The summed E-state index contributed by atoms with van der Waals surface area (Å²) < 4.78 is 43.0. The van der Waals surface area contributed by atoms with Crippen LogP contribution in [-0.4, -0.2) is 17.1 Å². The Morgan fingerprint density at radius 1 is 1.24 bits per heavy atom. The maximum Gasteiger partial charge on any atom is 0.434 e. The van der Waals surface area contributed by atoms with E-state index in [-0.39, 0.29) is 10.9 Å². The van der Waals surface area contributed by atoms with Gasteiger partial charge in [-0.25, -0.2) is 9.97 Å². The highest BCUT2D eigenvalue weighted by molar-refractivity contribution is 6.28. The molecule has 1 aromatic heterocycles. The van der Waals surface area contributed by atoms with Crippen LogP contribution in [0.2, 0.25) is 5.28 Å². The molecular weight excluding hydrogens is 257 g/mol. The maximum absolute atomic E-state index is 12.7. The van der Waals surface area contributed by atoms with Crippen LogP contribution in [0.1, 0.15) is 5.69 Å². The van der Waals surface area contributed by atoms with Gasteiger partial charge in [0.2, 0.25) is 5.28 Å². The zero-order chi connectivity index (χ0) is 12.6. The topological polar surface area (TPSA) is 35.0 Å². The zero-order valence-electron chi connectivity index (χ0n) is 8.55. The van der Waals surface area contributed by atoms with Crippen molar-refractivity contribution in [3.05, 3.63) is 29.2 Å². The molecule has 0 bridgehead atoms. The summed E-state index contributed by atoms with van der Waals surface area (Å²) in [4.78, 5) is 6.95. The number of hydrogen-bond donors (Lipinski definition) is 0. The van der Waals surface area contributed by atoms with Crippen molar-refractivity contribution in [3.63, 3.8) is 0 Å². The Kier molecular flexibility index (Phi) is 2.82. The number of hydrogen-bond acceptors (Lipinski definition) is 3. The Bertz CT molecular complexity index is 571. The third kappa shape index (κ3) is 2.26. The smallest absolute Gasteiger partial charge is 0.434 e. The average molecular weight is 263 g/mol. The van der Waals surface area contributed by atoms with Gasteiger partial charge in [0.05, 0.1) is 12.6 Å². The minimum Gasteiger partial charge on any atom is -0.497 e. The molecule has 0 atom stereocenters. The lowest BCUT2D eigenvalue weighted by Gasteiger charge is -2.10. The van der Waals surface area contributed by atoms with Gasteiger partial charge < -0.3 is 4.74 Å². The molecule has 0 aliphatic rings. The number of ether oxygens (including phenoxy) is 1. The van der Waals surface area contributed by atoms with Crippen LogP contribution >= 0.6 is 11.6 Å². The van der Waals surface area contributed by atoms with E-state index in [9.17, 15) is 13.2 Å². The van der Waals surface area contributed by atoms with Gasteiger partial charge in [0, 0.05) is 11.5 Å². The van der Waals surface area contributed by atoms with Crippen molar-refractivity contribution in [2.75, 3.05) is 7.11 Å². The lowest BCUT2D eigenvalue weighted by Crippen LogP contribution is -2.10. The highest BCUT2D eigenvalue weighted by Crippen LogP contribution is 2.34. The van der Waals surface area contributed by atoms with Crippen molar-refractivity contribution >= 4 is 22.5 Å². The second kappa shape index (κ2) is 4.03. The molecule has 3 nitrogen and oxygen atoms in total. The van der Waals surface area contributed by atoms with E-state index in [4.69, 9.17) is 16.3 Å². The fourth-order valence-corrected chi connectivity index (χ4v) is 1.60. The predicted molar refractivity (Wildman–Crippen MR) is 56.1 cm³/mol. The number of halogens is 4. The summed E-state index contributed by atoms with van der Waals surface area (Å²) in [6, 6.07) is 4.04. The molecule has 7 heteroatoms. The van der Waals surface area contributed by atoms with Crippen LogP contribution in [0.5, 0.6) is 5.75 Å². The summed E-state index contributed by atoms with van der Waals surface area (Å²) in [7, 11) is 1.41. The van der Waals surface area contributed by atoms with Gasteiger partial charge in [0.1, 0.15) is 5.75 Å². The van der Waals surface area contributed by atoms with E-state index in [1.54, 1.807) is 0 Å². The van der Waals surface area contributed by atoms with Crippen molar-refractivity contribution in [1.29, 1.82) is 0 Å². The molecule has 0 aliphatic heterocycles. The third-order valence-corrected chi connectivity index (χ3v) is 2.31. The first-order valence-electron chi connectivity index (χ1n) is 4.50. The van der Waals surface area contributed by atoms with Crippen LogP contribution in [0.4, 0.5) is 13.2 Å². The van der Waals surface area contributed by atoms with Crippen molar-refractivity contribution in [3.8, 4) is 5.75 Å². The second-order valence-electron chi connectivity index (χ2n) is 3.22. The first-order valence-corrected chi connectivity index (χ1v) is 4.88. The normalized spacial score (nSPS) is 11.8. The Balaban J connectivity index is 2.77. The van der Waals surface area contributed by atoms with Crippen LogP contribution in [0.3, 0.4) is 0 Å². The van der Waals surface area contributed by atoms with E-state index in [0.717, 1.165) is 0 Å². The maximum atomic E-state index is 12.7. The van der Waals surface area contributed by atoms with Crippen LogP contribution in [-0.2, 0) is 6.18 Å². The molecule has 17 heavy (non-hydrogen) atoms. The Morgan fingerprint density at radius 3 is 2.53 bits per heavy atom. The third-order valence-electron chi connectivity index (χ3n) is 2.15. The molecule has 2 aromatic rings. The fourth-order valence-electron chi connectivity index (χ4n) is 1.42. The van der Waals surface area contributed by atoms with E-state index >= 15 is 0 Å². The highest BCUT2D eigenvalue weighted by Gasteiger charge is 2.35. The van der Waals surface area contributed by atoms with Crippen LogP contribution in [0.15, 0.2) is 18.2 Å². The number of rotatable bonds is 1. The molecule has 1 heterocycles. The molecule has 0 fully saturated rings. The molecule has 90 valence electrons. The van der Waals surface area contributed by atoms with Gasteiger partial charge in [-0.15, -0.1) is 0 Å². The lowest BCUT2D eigenvalue weighted by molar-refractivity contribution is -0.139. The van der Waals surface area contributed by atoms with E-state index in [1.165, 1.54) is 25.3 Å². The monoisotopic (exact) mass is 262 g/mol. The van der Waals surface area contributed by atoms with E-state index in [1.807, 2.05) is 0 Å². The van der Waals surface area contributed by atoms with E-state index in [0.29, 0.717) is 5.75 Å². The van der Waals surface area contributed by atoms with Gasteiger partial charge in [-0.3, -0.25) is 0 Å². The van der Waals surface area contributed by atoms with Gasteiger partial charge >= 0.3 is 6.18 Å². The summed E-state index contributed by atoms with van der Waals surface area (Å²) >= 11 is 5.46. The van der Waals surface area contributed by atoms with E-state index in [2.05, 4.69) is 9.97 Å². The molecule has 2 rings (SSSR count). The number of nitrogens with zero attached hydrogens (tertiary/aromatic N) is 2. The Labute approximate surface area is 99.2 Å². The van der Waals surface area contributed by atoms with Gasteiger partial charge in [-0.05, 0) is 23.7 Å². The minimum atomic E-state index is -4.57. The lowest BCUT2D eigenvalue weighted by atomic mass is 10.2. The summed E-state index contributed by atoms with van der Waals surface area (Å²) in [6.07, 6.45) is -4.57. The first kappa shape index (κ1) is 11.9. The SMILES string of the molecule is COc1ccc2c(C(F)(F)F)nc(Cl)nc2c1. The van der Waals surface area contributed by atoms with Gasteiger partial charge in [0.15, 0.2) is 5.69 Å². The van der Waals surface area contributed by atoms with Crippen LogP contribution in [0.25, 0.3) is 10.9 Å². The molecule has 0 N–H and O–H groups in total. The average Bonchev–Trinajstić information content (AvgIpc) is 2.25. The highest BCUT2D eigenvalue weighted by atomic mass is 35.5. The van der Waals surface area contributed by atoms with E-state index < -0.39 is 17.2 Å². The van der Waals surface area contributed by atoms with Crippen molar-refractivity contribution in [2.45, 2.75) is 6.18 Å². The fraction of sp³-hybridized carbons (Fsp3) is 0.200. The van der Waals surface area contributed by atoms with Gasteiger partial charge in [-0.2, -0.15) is 13.2 Å². The summed E-state index contributed by atoms with van der Waals surface area (Å²) in [5.41, 5.74) is -0.952. The molecule has 0 unspecified atom stereocenters. The first-order chi connectivity index (χ1) is 7.91. The summed E-state index contributed by atoms with van der Waals surface area (Å²) in [5.74, 6) is 0.403. The number of methoxy groups -OCH3 is 1. The quantitative estimate of drug-likeness (QED) is 0.740. The predicted octanol–water partition coefficient (Wildman–Crippen LogP) is 3.31.